The van der Waals surface area contributed by atoms with Crippen LogP contribution < -0.4 is 0 Å². The van der Waals surface area contributed by atoms with E-state index in [-0.39, 0.29) is 11.6 Å². The molecule has 2 rings (SSSR count). The van der Waals surface area contributed by atoms with E-state index in [0.29, 0.717) is 12.8 Å². The summed E-state index contributed by atoms with van der Waals surface area (Å²) in [5.74, 6) is 0.235. The molecule has 1 aromatic rings. The second kappa shape index (κ2) is 5.20. The van der Waals surface area contributed by atoms with Crippen molar-refractivity contribution in [3.8, 4) is 0 Å². The Labute approximate surface area is 129 Å². The van der Waals surface area contributed by atoms with Crippen molar-refractivity contribution in [1.82, 2.24) is 14.8 Å². The van der Waals surface area contributed by atoms with Gasteiger partial charge in [0.15, 0.2) is 15.7 Å². The van der Waals surface area contributed by atoms with Crippen molar-refractivity contribution < 1.29 is 16.8 Å². The maximum Gasteiger partial charge on any atom is 0.296 e. The third kappa shape index (κ3) is 3.24. The summed E-state index contributed by atoms with van der Waals surface area (Å²) in [6.07, 6.45) is 1.78. The first kappa shape index (κ1) is 16.7. The van der Waals surface area contributed by atoms with Crippen molar-refractivity contribution in [2.24, 2.45) is 0 Å². The van der Waals surface area contributed by atoms with Gasteiger partial charge in [-0.2, -0.15) is 0 Å². The van der Waals surface area contributed by atoms with E-state index in [4.69, 9.17) is 10.7 Å². The lowest BCUT2D eigenvalue weighted by Gasteiger charge is -2.28. The van der Waals surface area contributed by atoms with Crippen LogP contribution >= 0.6 is 10.7 Å². The van der Waals surface area contributed by atoms with Gasteiger partial charge in [0.25, 0.3) is 14.2 Å². The predicted octanol–water partition coefficient (Wildman–Crippen LogP) is 1.60. The van der Waals surface area contributed by atoms with Crippen LogP contribution in [0, 0.1) is 0 Å². The number of hydrogen-bond acceptors (Lipinski definition) is 6. The average Bonchev–Trinajstić information content (AvgIpc) is 2.71. The molecule has 1 aliphatic rings. The van der Waals surface area contributed by atoms with E-state index in [9.17, 15) is 16.8 Å². The lowest BCUT2D eigenvalue weighted by atomic mass is 10.1. The number of nitrogens with zero attached hydrogens (tertiary/aromatic N) is 3. The van der Waals surface area contributed by atoms with E-state index in [1.54, 1.807) is 20.8 Å². The van der Waals surface area contributed by atoms with E-state index in [0.717, 1.165) is 6.42 Å². The molecule has 0 radical (unpaired) electrons. The largest absolute Gasteiger partial charge is 0.296 e. The van der Waals surface area contributed by atoms with E-state index in [1.807, 2.05) is 0 Å². The first-order chi connectivity index (χ1) is 9.44. The van der Waals surface area contributed by atoms with Crippen LogP contribution in [0.2, 0.25) is 0 Å². The molecule has 0 aromatic carbocycles. The van der Waals surface area contributed by atoms with Crippen LogP contribution in [0.4, 0.5) is 0 Å². The third-order valence-corrected chi connectivity index (χ3v) is 6.70. The molecule has 0 bridgehead atoms. The minimum Gasteiger partial charge on any atom is -0.294 e. The molecule has 0 spiro atoms. The number of sulfone groups is 1. The maximum absolute atomic E-state index is 12.3. The predicted molar refractivity (Wildman–Crippen MR) is 78.4 cm³/mol. The highest BCUT2D eigenvalue weighted by atomic mass is 35.7. The van der Waals surface area contributed by atoms with Crippen LogP contribution in [0.1, 0.15) is 51.1 Å². The SMILES string of the molecule is CC(C)(C)n1c(C2CCCCS2(=O)=O)nnc1S(=O)(=O)Cl. The van der Waals surface area contributed by atoms with Crippen molar-refractivity contribution >= 4 is 29.6 Å². The first-order valence-electron chi connectivity index (χ1n) is 6.56. The zero-order valence-electron chi connectivity index (χ0n) is 12.1. The number of hydrogen-bond donors (Lipinski definition) is 0. The van der Waals surface area contributed by atoms with Gasteiger partial charge >= 0.3 is 0 Å². The molecule has 21 heavy (non-hydrogen) atoms. The zero-order chi connectivity index (χ0) is 16.1. The van der Waals surface area contributed by atoms with Crippen molar-refractivity contribution in [3.63, 3.8) is 0 Å². The topological polar surface area (TPSA) is 99.0 Å². The average molecular weight is 356 g/mol. The van der Waals surface area contributed by atoms with Crippen molar-refractivity contribution in [3.05, 3.63) is 5.82 Å². The second-order valence-electron chi connectivity index (χ2n) is 6.14. The highest BCUT2D eigenvalue weighted by Gasteiger charge is 2.39. The lowest BCUT2D eigenvalue weighted by molar-refractivity contribution is 0.346. The first-order valence-corrected chi connectivity index (χ1v) is 10.6. The molecular formula is C11H18ClN3O4S2. The second-order valence-corrected chi connectivity index (χ2v) is 10.9. The molecule has 0 saturated carbocycles. The van der Waals surface area contributed by atoms with Crippen LogP contribution in [0.3, 0.4) is 0 Å². The summed E-state index contributed by atoms with van der Waals surface area (Å²) >= 11 is 0. The standard InChI is InChI=1S/C11H18ClN3O4S2/c1-11(2,3)15-9(13-14-10(15)21(12,18)19)8-6-4-5-7-20(8,16)17/h8H,4-7H2,1-3H3. The summed E-state index contributed by atoms with van der Waals surface area (Å²) in [5, 5.41) is 6.22. The molecule has 10 heteroatoms. The quantitative estimate of drug-likeness (QED) is 0.747. The van der Waals surface area contributed by atoms with Gasteiger partial charge in [0.05, 0.1) is 5.75 Å². The Morgan fingerprint density at radius 2 is 1.86 bits per heavy atom. The van der Waals surface area contributed by atoms with Gasteiger partial charge in [0.1, 0.15) is 5.25 Å². The van der Waals surface area contributed by atoms with Gasteiger partial charge in [-0.05, 0) is 33.6 Å². The molecular weight excluding hydrogens is 338 g/mol. The minimum atomic E-state index is -4.10. The fourth-order valence-electron chi connectivity index (χ4n) is 2.52. The molecule has 1 aliphatic heterocycles. The Balaban J connectivity index is 2.68. The van der Waals surface area contributed by atoms with Gasteiger partial charge in [-0.3, -0.25) is 4.57 Å². The molecule has 2 heterocycles. The number of halogens is 1. The molecule has 120 valence electrons. The van der Waals surface area contributed by atoms with E-state index < -0.39 is 34.8 Å². The molecule has 1 unspecified atom stereocenters. The summed E-state index contributed by atoms with van der Waals surface area (Å²) in [6.45, 7) is 5.25. The molecule has 1 atom stereocenters. The monoisotopic (exact) mass is 355 g/mol. The molecule has 0 N–H and O–H groups in total. The fourth-order valence-corrected chi connectivity index (χ4v) is 5.44. The Morgan fingerprint density at radius 1 is 1.24 bits per heavy atom. The lowest BCUT2D eigenvalue weighted by Crippen LogP contribution is -2.31. The third-order valence-electron chi connectivity index (χ3n) is 3.41. The molecule has 7 nitrogen and oxygen atoms in total. The fraction of sp³-hybridized carbons (Fsp3) is 0.818. The normalized spacial score (nSPS) is 23.1. The Bertz CT molecular complexity index is 747. The highest BCUT2D eigenvalue weighted by Crippen LogP contribution is 2.36. The van der Waals surface area contributed by atoms with Crippen molar-refractivity contribution in [2.75, 3.05) is 5.75 Å². The molecule has 0 aliphatic carbocycles. The van der Waals surface area contributed by atoms with E-state index >= 15 is 0 Å². The maximum atomic E-state index is 12.3. The van der Waals surface area contributed by atoms with Crippen molar-refractivity contribution in [2.45, 2.75) is 56.0 Å². The summed E-state index contributed by atoms with van der Waals surface area (Å²) < 4.78 is 49.1. The van der Waals surface area contributed by atoms with Gasteiger partial charge in [-0.1, -0.05) is 6.42 Å². The molecule has 0 amide bonds. The van der Waals surface area contributed by atoms with Gasteiger partial charge < -0.3 is 0 Å². The van der Waals surface area contributed by atoms with Crippen LogP contribution in [0.25, 0.3) is 0 Å². The minimum absolute atomic E-state index is 0.0810. The summed E-state index contributed by atoms with van der Waals surface area (Å²) in [4.78, 5) is 0. The highest BCUT2D eigenvalue weighted by molar-refractivity contribution is 8.13. The van der Waals surface area contributed by atoms with E-state index in [1.165, 1.54) is 4.57 Å². The van der Waals surface area contributed by atoms with Crippen LogP contribution in [-0.4, -0.2) is 37.4 Å². The van der Waals surface area contributed by atoms with E-state index in [2.05, 4.69) is 10.2 Å². The molecule has 1 aromatic heterocycles. The van der Waals surface area contributed by atoms with Gasteiger partial charge in [0, 0.05) is 16.2 Å². The van der Waals surface area contributed by atoms with Crippen LogP contribution in [0.5, 0.6) is 0 Å². The van der Waals surface area contributed by atoms with Crippen LogP contribution in [-0.2, 0) is 24.4 Å². The Morgan fingerprint density at radius 3 is 2.33 bits per heavy atom. The van der Waals surface area contributed by atoms with Gasteiger partial charge in [-0.25, -0.2) is 16.8 Å². The Hall–Kier alpha value is -0.670. The summed E-state index contributed by atoms with van der Waals surface area (Å²) in [5.41, 5.74) is -0.705. The smallest absolute Gasteiger partial charge is 0.294 e. The van der Waals surface area contributed by atoms with Gasteiger partial charge in [0.2, 0.25) is 0 Å². The summed E-state index contributed by atoms with van der Waals surface area (Å²) in [7, 11) is -2.07. The number of aromatic nitrogens is 3. The molecule has 1 fully saturated rings. The molecule has 1 saturated heterocycles. The summed E-state index contributed by atoms with van der Waals surface area (Å²) in [6, 6.07) is 0. The van der Waals surface area contributed by atoms with Crippen LogP contribution in [0.15, 0.2) is 5.16 Å². The van der Waals surface area contributed by atoms with Crippen molar-refractivity contribution in [1.29, 1.82) is 0 Å². The number of rotatable bonds is 2. The van der Waals surface area contributed by atoms with Gasteiger partial charge in [-0.15, -0.1) is 10.2 Å². The Kier molecular flexibility index (Phi) is 4.14. The zero-order valence-corrected chi connectivity index (χ0v) is 14.5.